The SMILES string of the molecule is CCOC(=O)[C@@H](N)Cc1ccccc1.CCOC(=O)[C@@H](N)Cc1ccccc1.Cl. The molecule has 0 aromatic heterocycles. The summed E-state index contributed by atoms with van der Waals surface area (Å²) in [6.45, 7) is 4.29. The van der Waals surface area contributed by atoms with Crippen LogP contribution in [0.3, 0.4) is 0 Å². The van der Waals surface area contributed by atoms with Crippen molar-refractivity contribution in [3.8, 4) is 0 Å². The monoisotopic (exact) mass is 422 g/mol. The summed E-state index contributed by atoms with van der Waals surface area (Å²) < 4.78 is 9.62. The van der Waals surface area contributed by atoms with Gasteiger partial charge in [-0.15, -0.1) is 12.4 Å². The lowest BCUT2D eigenvalue weighted by atomic mass is 10.1. The first kappa shape index (κ1) is 26.6. The van der Waals surface area contributed by atoms with Gasteiger partial charge in [-0.05, 0) is 37.8 Å². The van der Waals surface area contributed by atoms with Crippen molar-refractivity contribution in [2.75, 3.05) is 13.2 Å². The molecule has 0 saturated heterocycles. The molecule has 0 spiro atoms. The summed E-state index contributed by atoms with van der Waals surface area (Å²) in [5.41, 5.74) is 13.4. The summed E-state index contributed by atoms with van der Waals surface area (Å²) in [7, 11) is 0. The van der Waals surface area contributed by atoms with Gasteiger partial charge >= 0.3 is 11.9 Å². The van der Waals surface area contributed by atoms with E-state index in [0.29, 0.717) is 26.1 Å². The van der Waals surface area contributed by atoms with Gasteiger partial charge in [0.1, 0.15) is 12.1 Å². The van der Waals surface area contributed by atoms with Gasteiger partial charge in [0.2, 0.25) is 0 Å². The molecule has 0 radical (unpaired) electrons. The van der Waals surface area contributed by atoms with Crippen molar-refractivity contribution in [2.24, 2.45) is 11.5 Å². The third-order valence-electron chi connectivity index (χ3n) is 3.78. The molecule has 4 N–H and O–H groups in total. The molecule has 0 fully saturated rings. The maximum atomic E-state index is 11.2. The molecular formula is C22H31ClN2O4. The Morgan fingerprint density at radius 3 is 1.31 bits per heavy atom. The van der Waals surface area contributed by atoms with E-state index in [1.807, 2.05) is 60.7 Å². The van der Waals surface area contributed by atoms with Crippen LogP contribution in [-0.4, -0.2) is 37.2 Å². The highest BCUT2D eigenvalue weighted by atomic mass is 35.5. The van der Waals surface area contributed by atoms with Crippen LogP contribution in [0.15, 0.2) is 60.7 Å². The molecule has 0 aliphatic heterocycles. The highest BCUT2D eigenvalue weighted by Crippen LogP contribution is 2.03. The first-order valence-electron chi connectivity index (χ1n) is 9.40. The van der Waals surface area contributed by atoms with E-state index in [0.717, 1.165) is 11.1 Å². The highest BCUT2D eigenvalue weighted by Gasteiger charge is 2.15. The fourth-order valence-electron chi connectivity index (χ4n) is 2.40. The van der Waals surface area contributed by atoms with Crippen LogP contribution in [0, 0.1) is 0 Å². The molecule has 0 saturated carbocycles. The molecule has 0 amide bonds. The summed E-state index contributed by atoms with van der Waals surface area (Å²) in [4.78, 5) is 22.4. The minimum absolute atomic E-state index is 0. The number of halogens is 1. The zero-order valence-corrected chi connectivity index (χ0v) is 17.8. The molecule has 7 heteroatoms. The molecule has 2 rings (SSSR count). The minimum atomic E-state index is -0.558. The van der Waals surface area contributed by atoms with E-state index in [2.05, 4.69) is 0 Å². The number of nitrogens with two attached hydrogens (primary N) is 2. The smallest absolute Gasteiger partial charge is 0.323 e. The lowest BCUT2D eigenvalue weighted by Crippen LogP contribution is -2.34. The second-order valence-electron chi connectivity index (χ2n) is 6.10. The first-order chi connectivity index (χ1) is 13.5. The van der Waals surface area contributed by atoms with Crippen molar-refractivity contribution in [1.29, 1.82) is 0 Å². The Balaban J connectivity index is 0.000000523. The number of hydrogen-bond donors (Lipinski definition) is 2. The van der Waals surface area contributed by atoms with Crippen LogP contribution in [0.1, 0.15) is 25.0 Å². The van der Waals surface area contributed by atoms with E-state index in [9.17, 15) is 9.59 Å². The van der Waals surface area contributed by atoms with E-state index in [-0.39, 0.29) is 24.3 Å². The normalized spacial score (nSPS) is 11.7. The Bertz CT molecular complexity index is 637. The average Bonchev–Trinajstić information content (AvgIpc) is 2.70. The van der Waals surface area contributed by atoms with E-state index in [1.165, 1.54) is 0 Å². The van der Waals surface area contributed by atoms with E-state index < -0.39 is 12.1 Å². The summed E-state index contributed by atoms with van der Waals surface area (Å²) in [5, 5.41) is 0. The molecule has 2 aromatic carbocycles. The second-order valence-corrected chi connectivity index (χ2v) is 6.10. The minimum Gasteiger partial charge on any atom is -0.465 e. The second kappa shape index (κ2) is 15.5. The summed E-state index contributed by atoms with van der Waals surface area (Å²) in [6, 6.07) is 18.2. The number of carbonyl (C=O) groups is 2. The number of ether oxygens (including phenoxy) is 2. The molecule has 2 aromatic rings. The Morgan fingerprint density at radius 2 is 1.03 bits per heavy atom. The van der Waals surface area contributed by atoms with Gasteiger partial charge in [0.15, 0.2) is 0 Å². The lowest BCUT2D eigenvalue weighted by Gasteiger charge is -2.09. The van der Waals surface area contributed by atoms with E-state index >= 15 is 0 Å². The number of rotatable bonds is 8. The largest absolute Gasteiger partial charge is 0.465 e. The first-order valence-corrected chi connectivity index (χ1v) is 9.40. The summed E-state index contributed by atoms with van der Waals surface area (Å²) in [5.74, 6) is -0.673. The van der Waals surface area contributed by atoms with Crippen LogP contribution in [0.4, 0.5) is 0 Å². The quantitative estimate of drug-likeness (QED) is 0.633. The Hall–Kier alpha value is -2.41. The van der Waals surface area contributed by atoms with Gasteiger partial charge in [0.25, 0.3) is 0 Å². The van der Waals surface area contributed by atoms with Crippen molar-refractivity contribution < 1.29 is 19.1 Å². The van der Waals surface area contributed by atoms with Crippen molar-refractivity contribution in [3.05, 3.63) is 71.8 Å². The maximum absolute atomic E-state index is 11.2. The van der Waals surface area contributed by atoms with Crippen molar-refractivity contribution in [1.82, 2.24) is 0 Å². The molecular weight excluding hydrogens is 392 g/mol. The molecule has 29 heavy (non-hydrogen) atoms. The topological polar surface area (TPSA) is 105 Å². The third kappa shape index (κ3) is 11.2. The van der Waals surface area contributed by atoms with Gasteiger partial charge < -0.3 is 20.9 Å². The van der Waals surface area contributed by atoms with Gasteiger partial charge in [-0.2, -0.15) is 0 Å². The average molecular weight is 423 g/mol. The summed E-state index contributed by atoms with van der Waals surface area (Å²) in [6.07, 6.45) is 1.05. The van der Waals surface area contributed by atoms with Crippen LogP contribution in [0.5, 0.6) is 0 Å². The zero-order chi connectivity index (χ0) is 20.8. The molecule has 0 unspecified atom stereocenters. The van der Waals surface area contributed by atoms with Crippen molar-refractivity contribution in [2.45, 2.75) is 38.8 Å². The Labute approximate surface area is 179 Å². The molecule has 2 atom stereocenters. The fourth-order valence-corrected chi connectivity index (χ4v) is 2.40. The van der Waals surface area contributed by atoms with Crippen LogP contribution < -0.4 is 11.5 Å². The molecule has 0 heterocycles. The summed E-state index contributed by atoms with van der Waals surface area (Å²) >= 11 is 0. The molecule has 0 aliphatic carbocycles. The predicted molar refractivity (Wildman–Crippen MR) is 117 cm³/mol. The highest BCUT2D eigenvalue weighted by molar-refractivity contribution is 5.85. The van der Waals surface area contributed by atoms with Gasteiger partial charge in [0, 0.05) is 0 Å². The standard InChI is InChI=1S/2C11H15NO2.ClH/c2*1-2-14-11(13)10(12)8-9-6-4-3-5-7-9;/h2*3-7,10H,2,8,12H2,1H3;1H/t2*10-;/m00./s1. The van der Waals surface area contributed by atoms with E-state index in [1.54, 1.807) is 13.8 Å². The number of esters is 2. The van der Waals surface area contributed by atoms with Crippen LogP contribution in [-0.2, 0) is 31.9 Å². The Kier molecular flexibility index (Phi) is 14.2. The Morgan fingerprint density at radius 1 is 0.724 bits per heavy atom. The molecule has 160 valence electrons. The van der Waals surface area contributed by atoms with Crippen molar-refractivity contribution >= 4 is 24.3 Å². The van der Waals surface area contributed by atoms with Gasteiger partial charge in [-0.25, -0.2) is 0 Å². The molecule has 0 aliphatic rings. The predicted octanol–water partition coefficient (Wildman–Crippen LogP) is 2.66. The fraction of sp³-hybridized carbons (Fsp3) is 0.364. The van der Waals surface area contributed by atoms with Crippen LogP contribution >= 0.6 is 12.4 Å². The maximum Gasteiger partial charge on any atom is 0.323 e. The van der Waals surface area contributed by atoms with Gasteiger partial charge in [-0.3, -0.25) is 9.59 Å². The molecule has 6 nitrogen and oxygen atoms in total. The zero-order valence-electron chi connectivity index (χ0n) is 17.0. The van der Waals surface area contributed by atoms with Crippen molar-refractivity contribution in [3.63, 3.8) is 0 Å². The van der Waals surface area contributed by atoms with Crippen LogP contribution in [0.2, 0.25) is 0 Å². The van der Waals surface area contributed by atoms with Gasteiger partial charge in [-0.1, -0.05) is 60.7 Å². The number of hydrogen-bond acceptors (Lipinski definition) is 6. The lowest BCUT2D eigenvalue weighted by molar-refractivity contribution is -0.145. The number of carbonyl (C=O) groups excluding carboxylic acids is 2. The third-order valence-corrected chi connectivity index (χ3v) is 3.78. The van der Waals surface area contributed by atoms with Crippen LogP contribution in [0.25, 0.3) is 0 Å². The van der Waals surface area contributed by atoms with E-state index in [4.69, 9.17) is 20.9 Å². The van der Waals surface area contributed by atoms with Gasteiger partial charge in [0.05, 0.1) is 13.2 Å². The number of benzene rings is 2. The molecule has 0 bridgehead atoms.